The molecule has 12 heavy (non-hydrogen) atoms. The molecular formula is C10H21NO. The Morgan fingerprint density at radius 1 is 1.33 bits per heavy atom. The van der Waals surface area contributed by atoms with Crippen LogP contribution < -0.4 is 5.73 Å². The lowest BCUT2D eigenvalue weighted by atomic mass is 10.1. The largest absolute Gasteiger partial charge is 0.381 e. The van der Waals surface area contributed by atoms with Crippen molar-refractivity contribution in [1.82, 2.24) is 0 Å². The van der Waals surface area contributed by atoms with Crippen molar-refractivity contribution in [1.29, 1.82) is 0 Å². The summed E-state index contributed by atoms with van der Waals surface area (Å²) in [4.78, 5) is 0. The molecule has 0 aliphatic heterocycles. The van der Waals surface area contributed by atoms with Gasteiger partial charge >= 0.3 is 0 Å². The second-order valence-corrected chi connectivity index (χ2v) is 3.00. The molecule has 0 heterocycles. The lowest BCUT2D eigenvalue weighted by molar-refractivity contribution is 0.132. The minimum Gasteiger partial charge on any atom is -0.381 e. The van der Waals surface area contributed by atoms with Gasteiger partial charge in [-0.05, 0) is 32.2 Å². The second kappa shape index (κ2) is 8.75. The van der Waals surface area contributed by atoms with E-state index in [1.54, 1.807) is 0 Å². The Kier molecular flexibility index (Phi) is 8.51. The summed E-state index contributed by atoms with van der Waals surface area (Å²) in [6, 6.07) is 0. The zero-order valence-corrected chi connectivity index (χ0v) is 8.14. The number of ether oxygens (including phenoxy) is 1. The van der Waals surface area contributed by atoms with E-state index >= 15 is 0 Å². The van der Waals surface area contributed by atoms with E-state index in [-0.39, 0.29) is 0 Å². The second-order valence-electron chi connectivity index (χ2n) is 3.00. The van der Waals surface area contributed by atoms with E-state index in [1.165, 1.54) is 5.57 Å². The SMILES string of the molecule is C=C(CCN)CCCOCCC. The Morgan fingerprint density at radius 3 is 2.67 bits per heavy atom. The van der Waals surface area contributed by atoms with Crippen molar-refractivity contribution in [3.8, 4) is 0 Å². The van der Waals surface area contributed by atoms with Gasteiger partial charge in [0.25, 0.3) is 0 Å². The van der Waals surface area contributed by atoms with Crippen LogP contribution in [0.1, 0.15) is 32.6 Å². The molecule has 2 N–H and O–H groups in total. The highest BCUT2D eigenvalue weighted by Gasteiger charge is 1.93. The summed E-state index contributed by atoms with van der Waals surface area (Å²) in [5.41, 5.74) is 6.64. The van der Waals surface area contributed by atoms with E-state index in [4.69, 9.17) is 10.5 Å². The van der Waals surface area contributed by atoms with Crippen LogP contribution in [0.2, 0.25) is 0 Å². The Bertz CT molecular complexity index is 112. The van der Waals surface area contributed by atoms with Crippen LogP contribution in [0.4, 0.5) is 0 Å². The van der Waals surface area contributed by atoms with E-state index in [2.05, 4.69) is 13.5 Å². The molecule has 0 unspecified atom stereocenters. The lowest BCUT2D eigenvalue weighted by Gasteiger charge is -2.04. The maximum absolute atomic E-state index is 5.39. The van der Waals surface area contributed by atoms with Crippen molar-refractivity contribution in [2.75, 3.05) is 19.8 Å². The first kappa shape index (κ1) is 11.7. The molecule has 0 aromatic rings. The standard InChI is InChI=1S/C10H21NO/c1-3-8-12-9-4-5-10(2)6-7-11/h2-9,11H2,1H3. The Hall–Kier alpha value is -0.340. The molecule has 0 fully saturated rings. The Balaban J connectivity index is 3.03. The van der Waals surface area contributed by atoms with Crippen molar-refractivity contribution in [3.63, 3.8) is 0 Å². The van der Waals surface area contributed by atoms with Crippen LogP contribution in [0.5, 0.6) is 0 Å². The number of hydrogen-bond donors (Lipinski definition) is 1. The molecule has 2 nitrogen and oxygen atoms in total. The van der Waals surface area contributed by atoms with E-state index in [0.29, 0.717) is 6.54 Å². The molecule has 72 valence electrons. The van der Waals surface area contributed by atoms with Gasteiger partial charge in [0.2, 0.25) is 0 Å². The summed E-state index contributed by atoms with van der Waals surface area (Å²) in [7, 11) is 0. The molecule has 0 atom stereocenters. The number of nitrogens with two attached hydrogens (primary N) is 1. The molecule has 0 saturated heterocycles. The average molecular weight is 171 g/mol. The topological polar surface area (TPSA) is 35.2 Å². The fourth-order valence-electron chi connectivity index (χ4n) is 1.000. The van der Waals surface area contributed by atoms with Crippen molar-refractivity contribution in [2.24, 2.45) is 5.73 Å². The van der Waals surface area contributed by atoms with Crippen LogP contribution >= 0.6 is 0 Å². The van der Waals surface area contributed by atoms with E-state index in [1.807, 2.05) is 0 Å². The number of rotatable bonds is 8. The minimum atomic E-state index is 0.717. The fraction of sp³-hybridized carbons (Fsp3) is 0.800. The average Bonchev–Trinajstić information content (AvgIpc) is 2.05. The fourth-order valence-corrected chi connectivity index (χ4v) is 1.000. The normalized spacial score (nSPS) is 10.2. The van der Waals surface area contributed by atoms with E-state index in [0.717, 1.165) is 38.9 Å². The molecule has 0 amide bonds. The Morgan fingerprint density at radius 2 is 2.08 bits per heavy atom. The van der Waals surface area contributed by atoms with E-state index < -0.39 is 0 Å². The third kappa shape index (κ3) is 7.76. The molecular weight excluding hydrogens is 150 g/mol. The van der Waals surface area contributed by atoms with Crippen LogP contribution in [0.15, 0.2) is 12.2 Å². The molecule has 0 rings (SSSR count). The smallest absolute Gasteiger partial charge is 0.0469 e. The highest BCUT2D eigenvalue weighted by molar-refractivity contribution is 4.93. The van der Waals surface area contributed by atoms with Crippen molar-refractivity contribution in [2.45, 2.75) is 32.6 Å². The summed E-state index contributed by atoms with van der Waals surface area (Å²) < 4.78 is 5.34. The maximum Gasteiger partial charge on any atom is 0.0469 e. The molecule has 0 aliphatic carbocycles. The van der Waals surface area contributed by atoms with Crippen molar-refractivity contribution < 1.29 is 4.74 Å². The Labute approximate surface area is 75.8 Å². The molecule has 0 saturated carbocycles. The van der Waals surface area contributed by atoms with Gasteiger partial charge in [-0.15, -0.1) is 0 Å². The number of hydrogen-bond acceptors (Lipinski definition) is 2. The highest BCUT2D eigenvalue weighted by Crippen LogP contribution is 2.05. The molecule has 0 bridgehead atoms. The predicted molar refractivity (Wildman–Crippen MR) is 53.2 cm³/mol. The maximum atomic E-state index is 5.39. The van der Waals surface area contributed by atoms with Gasteiger partial charge in [-0.1, -0.05) is 19.1 Å². The monoisotopic (exact) mass is 171 g/mol. The van der Waals surface area contributed by atoms with Gasteiger partial charge in [-0.3, -0.25) is 0 Å². The molecule has 0 aromatic carbocycles. The van der Waals surface area contributed by atoms with E-state index in [9.17, 15) is 0 Å². The first-order valence-corrected chi connectivity index (χ1v) is 4.75. The first-order valence-electron chi connectivity index (χ1n) is 4.75. The van der Waals surface area contributed by atoms with Crippen LogP contribution in [0.25, 0.3) is 0 Å². The first-order chi connectivity index (χ1) is 5.81. The quantitative estimate of drug-likeness (QED) is 0.448. The van der Waals surface area contributed by atoms with Crippen molar-refractivity contribution >= 4 is 0 Å². The van der Waals surface area contributed by atoms with Gasteiger partial charge < -0.3 is 10.5 Å². The van der Waals surface area contributed by atoms with Gasteiger partial charge in [0.1, 0.15) is 0 Å². The van der Waals surface area contributed by atoms with Crippen LogP contribution in [-0.4, -0.2) is 19.8 Å². The van der Waals surface area contributed by atoms with Crippen LogP contribution in [0, 0.1) is 0 Å². The van der Waals surface area contributed by atoms with Crippen LogP contribution in [-0.2, 0) is 4.74 Å². The third-order valence-corrected chi connectivity index (χ3v) is 1.67. The zero-order valence-electron chi connectivity index (χ0n) is 8.14. The minimum absolute atomic E-state index is 0.717. The summed E-state index contributed by atoms with van der Waals surface area (Å²) >= 11 is 0. The van der Waals surface area contributed by atoms with Gasteiger partial charge in [-0.25, -0.2) is 0 Å². The van der Waals surface area contributed by atoms with Gasteiger partial charge in [-0.2, -0.15) is 0 Å². The highest BCUT2D eigenvalue weighted by atomic mass is 16.5. The molecule has 0 aromatic heterocycles. The van der Waals surface area contributed by atoms with Crippen molar-refractivity contribution in [3.05, 3.63) is 12.2 Å². The molecule has 0 aliphatic rings. The summed E-state index contributed by atoms with van der Waals surface area (Å²) in [5.74, 6) is 0. The molecule has 0 radical (unpaired) electrons. The molecule has 2 heteroatoms. The summed E-state index contributed by atoms with van der Waals surface area (Å²) in [6.45, 7) is 8.50. The summed E-state index contributed by atoms with van der Waals surface area (Å²) in [5, 5.41) is 0. The third-order valence-electron chi connectivity index (χ3n) is 1.67. The van der Waals surface area contributed by atoms with Gasteiger partial charge in [0, 0.05) is 13.2 Å². The zero-order chi connectivity index (χ0) is 9.23. The molecule has 0 spiro atoms. The van der Waals surface area contributed by atoms with Gasteiger partial charge in [0.05, 0.1) is 0 Å². The van der Waals surface area contributed by atoms with Gasteiger partial charge in [0.15, 0.2) is 0 Å². The predicted octanol–water partition coefficient (Wildman–Crippen LogP) is 2.10. The summed E-state index contributed by atoms with van der Waals surface area (Å²) in [6.07, 6.45) is 4.19. The lowest BCUT2D eigenvalue weighted by Crippen LogP contribution is -2.01. The van der Waals surface area contributed by atoms with Crippen LogP contribution in [0.3, 0.4) is 0 Å².